The molecule has 0 bridgehead atoms. The van der Waals surface area contributed by atoms with Crippen molar-refractivity contribution >= 4 is 5.96 Å². The molecule has 2 aromatic rings. The lowest BCUT2D eigenvalue weighted by molar-refractivity contribution is 0.110. The minimum Gasteiger partial charge on any atom is -0.491 e. The van der Waals surface area contributed by atoms with Gasteiger partial charge in [-0.1, -0.05) is 12.1 Å². The minimum atomic E-state index is 0.539. The standard InChI is InChI=1S/C21H33N5O2/c1-5-22-21(23-10-9-18-14-25-26(4)16-18)24-15-19-8-7-17(3)13-20(19)28-12-11-27-6-2/h7-8,13-14,16H,5-6,9-12,15H2,1-4H3,(H2,22,23,24). The average molecular weight is 388 g/mol. The van der Waals surface area contributed by atoms with Crippen LogP contribution in [0.2, 0.25) is 0 Å². The van der Waals surface area contributed by atoms with Crippen LogP contribution < -0.4 is 15.4 Å². The number of aromatic nitrogens is 2. The molecule has 7 nitrogen and oxygen atoms in total. The minimum absolute atomic E-state index is 0.539. The summed E-state index contributed by atoms with van der Waals surface area (Å²) >= 11 is 0. The van der Waals surface area contributed by atoms with Gasteiger partial charge in [0.25, 0.3) is 0 Å². The molecule has 0 spiro atoms. The van der Waals surface area contributed by atoms with Crippen LogP contribution in [0.3, 0.4) is 0 Å². The molecule has 0 radical (unpaired) electrons. The SMILES string of the molecule is CCNC(=NCc1ccc(C)cc1OCCOCC)NCCc1cnn(C)c1. The molecule has 7 heteroatoms. The topological polar surface area (TPSA) is 72.7 Å². The maximum absolute atomic E-state index is 5.91. The van der Waals surface area contributed by atoms with Gasteiger partial charge in [-0.25, -0.2) is 4.99 Å². The quantitative estimate of drug-likeness (QED) is 0.352. The van der Waals surface area contributed by atoms with Gasteiger partial charge in [-0.2, -0.15) is 5.10 Å². The molecule has 0 saturated carbocycles. The number of aryl methyl sites for hydroxylation is 2. The maximum Gasteiger partial charge on any atom is 0.191 e. The van der Waals surface area contributed by atoms with Crippen LogP contribution in [-0.4, -0.2) is 48.7 Å². The summed E-state index contributed by atoms with van der Waals surface area (Å²) in [5.41, 5.74) is 3.43. The molecule has 0 saturated heterocycles. The second-order valence-electron chi connectivity index (χ2n) is 6.55. The lowest BCUT2D eigenvalue weighted by Gasteiger charge is -2.13. The van der Waals surface area contributed by atoms with Gasteiger partial charge in [0.05, 0.1) is 19.3 Å². The summed E-state index contributed by atoms with van der Waals surface area (Å²) in [5.74, 6) is 1.67. The number of ether oxygens (including phenoxy) is 2. The molecule has 1 aromatic carbocycles. The van der Waals surface area contributed by atoms with Crippen LogP contribution in [0.4, 0.5) is 0 Å². The van der Waals surface area contributed by atoms with Gasteiger partial charge in [0, 0.05) is 38.5 Å². The summed E-state index contributed by atoms with van der Waals surface area (Å²) in [7, 11) is 1.93. The Bertz CT molecular complexity index is 742. The normalized spacial score (nSPS) is 11.5. The number of aliphatic imine (C=N–C) groups is 1. The Labute approximate surface area is 168 Å². The molecule has 0 aliphatic heterocycles. The lowest BCUT2D eigenvalue weighted by atomic mass is 10.1. The van der Waals surface area contributed by atoms with E-state index >= 15 is 0 Å². The Hall–Kier alpha value is -2.54. The molecular weight excluding hydrogens is 354 g/mol. The van der Waals surface area contributed by atoms with Gasteiger partial charge in [-0.15, -0.1) is 0 Å². The van der Waals surface area contributed by atoms with E-state index in [1.807, 2.05) is 31.0 Å². The van der Waals surface area contributed by atoms with Gasteiger partial charge in [0.2, 0.25) is 0 Å². The van der Waals surface area contributed by atoms with Crippen molar-refractivity contribution in [1.82, 2.24) is 20.4 Å². The molecule has 1 aromatic heterocycles. The van der Waals surface area contributed by atoms with E-state index in [0.29, 0.717) is 26.4 Å². The highest BCUT2D eigenvalue weighted by molar-refractivity contribution is 5.79. The van der Waals surface area contributed by atoms with E-state index in [2.05, 4.69) is 47.8 Å². The Balaban J connectivity index is 1.94. The van der Waals surface area contributed by atoms with E-state index in [9.17, 15) is 0 Å². The summed E-state index contributed by atoms with van der Waals surface area (Å²) < 4.78 is 13.1. The van der Waals surface area contributed by atoms with Crippen molar-refractivity contribution in [2.24, 2.45) is 12.0 Å². The monoisotopic (exact) mass is 387 g/mol. The average Bonchev–Trinajstić information content (AvgIpc) is 3.09. The summed E-state index contributed by atoms with van der Waals surface area (Å²) in [6.45, 7) is 10.1. The second-order valence-corrected chi connectivity index (χ2v) is 6.55. The molecule has 0 aliphatic rings. The number of rotatable bonds is 11. The van der Waals surface area contributed by atoms with Crippen molar-refractivity contribution in [2.75, 3.05) is 32.9 Å². The van der Waals surface area contributed by atoms with Crippen molar-refractivity contribution in [3.8, 4) is 5.75 Å². The first-order valence-corrected chi connectivity index (χ1v) is 9.92. The second kappa shape index (κ2) is 12.0. The van der Waals surface area contributed by atoms with Crippen molar-refractivity contribution in [3.05, 3.63) is 47.3 Å². The largest absolute Gasteiger partial charge is 0.491 e. The number of hydrogen-bond acceptors (Lipinski definition) is 4. The van der Waals surface area contributed by atoms with Crippen molar-refractivity contribution < 1.29 is 9.47 Å². The molecular formula is C21H33N5O2. The summed E-state index contributed by atoms with van der Waals surface area (Å²) in [5, 5.41) is 10.9. The van der Waals surface area contributed by atoms with Crippen LogP contribution in [0.15, 0.2) is 35.6 Å². The van der Waals surface area contributed by atoms with Gasteiger partial charge in [0.15, 0.2) is 5.96 Å². The fraction of sp³-hybridized carbons (Fsp3) is 0.524. The molecule has 1 heterocycles. The molecule has 0 fully saturated rings. The summed E-state index contributed by atoms with van der Waals surface area (Å²) in [4.78, 5) is 4.72. The summed E-state index contributed by atoms with van der Waals surface area (Å²) in [6, 6.07) is 6.22. The fourth-order valence-electron chi connectivity index (χ4n) is 2.71. The number of guanidine groups is 1. The Morgan fingerprint density at radius 1 is 1.21 bits per heavy atom. The lowest BCUT2D eigenvalue weighted by Crippen LogP contribution is -2.38. The number of nitrogens with zero attached hydrogens (tertiary/aromatic N) is 3. The Morgan fingerprint density at radius 3 is 2.79 bits per heavy atom. The highest BCUT2D eigenvalue weighted by Crippen LogP contribution is 2.21. The third-order valence-electron chi connectivity index (χ3n) is 4.13. The van der Waals surface area contributed by atoms with Crippen molar-refractivity contribution in [3.63, 3.8) is 0 Å². The van der Waals surface area contributed by atoms with Crippen LogP contribution in [0.25, 0.3) is 0 Å². The first-order valence-electron chi connectivity index (χ1n) is 9.92. The predicted octanol–water partition coefficient (Wildman–Crippen LogP) is 2.44. The molecule has 2 N–H and O–H groups in total. The Morgan fingerprint density at radius 2 is 2.07 bits per heavy atom. The van der Waals surface area contributed by atoms with E-state index in [4.69, 9.17) is 14.5 Å². The molecule has 0 atom stereocenters. The number of nitrogens with one attached hydrogen (secondary N) is 2. The zero-order valence-electron chi connectivity index (χ0n) is 17.5. The molecule has 0 unspecified atom stereocenters. The van der Waals surface area contributed by atoms with Crippen molar-refractivity contribution in [1.29, 1.82) is 0 Å². The van der Waals surface area contributed by atoms with Gasteiger partial charge < -0.3 is 20.1 Å². The number of hydrogen-bond donors (Lipinski definition) is 2. The molecule has 0 amide bonds. The molecule has 28 heavy (non-hydrogen) atoms. The zero-order chi connectivity index (χ0) is 20.2. The summed E-state index contributed by atoms with van der Waals surface area (Å²) in [6.07, 6.45) is 4.82. The van der Waals surface area contributed by atoms with Gasteiger partial charge in [-0.3, -0.25) is 4.68 Å². The van der Waals surface area contributed by atoms with Crippen LogP contribution >= 0.6 is 0 Å². The first-order chi connectivity index (χ1) is 13.6. The van der Waals surface area contributed by atoms with Crippen LogP contribution in [0, 0.1) is 6.92 Å². The molecule has 154 valence electrons. The fourth-order valence-corrected chi connectivity index (χ4v) is 2.71. The third kappa shape index (κ3) is 7.60. The van der Waals surface area contributed by atoms with E-state index in [0.717, 1.165) is 36.8 Å². The molecule has 0 aliphatic carbocycles. The van der Waals surface area contributed by atoms with E-state index in [1.165, 1.54) is 11.1 Å². The first kappa shape index (κ1) is 21.8. The number of benzene rings is 1. The van der Waals surface area contributed by atoms with Crippen LogP contribution in [0.1, 0.15) is 30.5 Å². The zero-order valence-corrected chi connectivity index (χ0v) is 17.5. The van der Waals surface area contributed by atoms with Crippen molar-refractivity contribution in [2.45, 2.75) is 33.7 Å². The van der Waals surface area contributed by atoms with Gasteiger partial charge in [0.1, 0.15) is 12.4 Å². The van der Waals surface area contributed by atoms with E-state index in [1.54, 1.807) is 0 Å². The predicted molar refractivity (Wildman–Crippen MR) is 113 cm³/mol. The third-order valence-corrected chi connectivity index (χ3v) is 4.13. The highest BCUT2D eigenvalue weighted by Gasteiger charge is 2.06. The highest BCUT2D eigenvalue weighted by atomic mass is 16.5. The molecule has 2 rings (SSSR count). The smallest absolute Gasteiger partial charge is 0.191 e. The van der Waals surface area contributed by atoms with Crippen LogP contribution in [0.5, 0.6) is 5.75 Å². The maximum atomic E-state index is 5.91. The Kier molecular flexibility index (Phi) is 9.34. The van der Waals surface area contributed by atoms with Gasteiger partial charge >= 0.3 is 0 Å². The van der Waals surface area contributed by atoms with Gasteiger partial charge in [-0.05, 0) is 44.4 Å². The van der Waals surface area contributed by atoms with Crippen LogP contribution in [-0.2, 0) is 24.8 Å². The van der Waals surface area contributed by atoms with E-state index in [-0.39, 0.29) is 0 Å². The van der Waals surface area contributed by atoms with E-state index < -0.39 is 0 Å².